The van der Waals surface area contributed by atoms with Gasteiger partial charge in [0.1, 0.15) is 18.5 Å². The number of halogens is 2. The average molecular weight is 537 g/mol. The minimum absolute atomic E-state index is 0.0220. The minimum Gasteiger partial charge on any atom is -0.489 e. The van der Waals surface area contributed by atoms with E-state index in [1.165, 1.54) is 11.1 Å². The van der Waals surface area contributed by atoms with E-state index in [1.807, 2.05) is 0 Å². The van der Waals surface area contributed by atoms with Gasteiger partial charge in [-0.05, 0) is 80.2 Å². The molecule has 198 valence electrons. The van der Waals surface area contributed by atoms with Gasteiger partial charge < -0.3 is 19.9 Å². The molecule has 0 saturated carbocycles. The number of carbonyl (C=O) groups excluding carboxylic acids is 1. The van der Waals surface area contributed by atoms with E-state index in [-0.39, 0.29) is 24.5 Å². The maximum absolute atomic E-state index is 11.7. The van der Waals surface area contributed by atoms with Gasteiger partial charge in [0, 0.05) is 23.5 Å². The van der Waals surface area contributed by atoms with E-state index in [0.29, 0.717) is 41.3 Å². The number of hydrogen-bond donors (Lipinski definition) is 2. The molecular weight excluding hydrogens is 497 g/mol. The molecule has 36 heavy (non-hydrogen) atoms. The Bertz CT molecular complexity index is 984. The second-order valence-electron chi connectivity index (χ2n) is 9.76. The molecule has 7 heteroatoms. The number of benzene rings is 2. The fourth-order valence-corrected chi connectivity index (χ4v) is 5.66. The van der Waals surface area contributed by atoms with Crippen LogP contribution in [0.15, 0.2) is 36.4 Å². The second-order valence-corrected chi connectivity index (χ2v) is 10.6. The molecule has 0 aliphatic heterocycles. The van der Waals surface area contributed by atoms with Gasteiger partial charge >= 0.3 is 5.97 Å². The number of rotatable bonds is 14. The van der Waals surface area contributed by atoms with Crippen molar-refractivity contribution in [2.24, 2.45) is 5.92 Å². The molecule has 2 N–H and O–H groups in total. The largest absolute Gasteiger partial charge is 0.489 e. The van der Waals surface area contributed by atoms with Crippen LogP contribution in [0.2, 0.25) is 10.0 Å². The Morgan fingerprint density at radius 3 is 2.39 bits per heavy atom. The van der Waals surface area contributed by atoms with Gasteiger partial charge in [-0.3, -0.25) is 4.79 Å². The highest BCUT2D eigenvalue weighted by molar-refractivity contribution is 6.36. The molecule has 0 radical (unpaired) electrons. The first-order valence-electron chi connectivity index (χ1n) is 13.0. The highest BCUT2D eigenvalue weighted by Gasteiger charge is 2.32. The molecule has 1 aliphatic rings. The summed E-state index contributed by atoms with van der Waals surface area (Å²) in [6.45, 7) is 7.09. The Labute approximate surface area is 225 Å². The van der Waals surface area contributed by atoms with Crippen molar-refractivity contribution < 1.29 is 19.4 Å². The molecule has 5 nitrogen and oxygen atoms in total. The summed E-state index contributed by atoms with van der Waals surface area (Å²) < 4.78 is 10.8. The van der Waals surface area contributed by atoms with Gasteiger partial charge in [-0.15, -0.1) is 0 Å². The summed E-state index contributed by atoms with van der Waals surface area (Å²) in [6.07, 6.45) is 5.28. The predicted octanol–water partition coefficient (Wildman–Crippen LogP) is 6.18. The van der Waals surface area contributed by atoms with Gasteiger partial charge in [0.25, 0.3) is 0 Å². The van der Waals surface area contributed by atoms with Crippen LogP contribution in [-0.2, 0) is 28.8 Å². The third kappa shape index (κ3) is 7.85. The first-order chi connectivity index (χ1) is 17.3. The zero-order valence-corrected chi connectivity index (χ0v) is 23.1. The van der Waals surface area contributed by atoms with Crippen LogP contribution in [0.1, 0.15) is 63.1 Å². The Hall–Kier alpha value is -1.79. The molecule has 1 atom stereocenters. The molecule has 0 spiro atoms. The van der Waals surface area contributed by atoms with Crippen molar-refractivity contribution in [3.8, 4) is 5.75 Å². The lowest BCUT2D eigenvalue weighted by atomic mass is 9.81. The summed E-state index contributed by atoms with van der Waals surface area (Å²) in [5, 5.41) is 15.2. The smallest absolute Gasteiger partial charge is 0.306 e. The number of aryl methyl sites for hydroxylation is 1. The number of carbonyl (C=O) groups is 1. The van der Waals surface area contributed by atoms with E-state index < -0.39 is 6.10 Å². The number of esters is 1. The number of aliphatic hydroxyl groups excluding tert-OH is 1. The molecule has 0 unspecified atom stereocenters. The van der Waals surface area contributed by atoms with Crippen molar-refractivity contribution in [3.05, 3.63) is 63.1 Å². The lowest BCUT2D eigenvalue weighted by Crippen LogP contribution is -2.49. The van der Waals surface area contributed by atoms with Crippen LogP contribution in [0.4, 0.5) is 0 Å². The maximum atomic E-state index is 11.7. The number of aliphatic hydroxyl groups is 1. The lowest BCUT2D eigenvalue weighted by Gasteiger charge is -2.36. The second kappa shape index (κ2) is 13.7. The summed E-state index contributed by atoms with van der Waals surface area (Å²) in [5.74, 6) is 0.785. The molecule has 0 fully saturated rings. The molecule has 0 saturated heterocycles. The lowest BCUT2D eigenvalue weighted by molar-refractivity contribution is -0.143. The summed E-state index contributed by atoms with van der Waals surface area (Å²) in [4.78, 5) is 11.7. The fourth-order valence-electron chi connectivity index (χ4n) is 5.13. The third-order valence-electron chi connectivity index (χ3n) is 7.32. The Kier molecular flexibility index (Phi) is 10.9. The number of hydrogen-bond acceptors (Lipinski definition) is 5. The van der Waals surface area contributed by atoms with Crippen molar-refractivity contribution in [2.75, 3.05) is 19.8 Å². The highest BCUT2D eigenvalue weighted by atomic mass is 35.5. The van der Waals surface area contributed by atoms with Crippen molar-refractivity contribution in [1.29, 1.82) is 0 Å². The molecular formula is C29H39Cl2NO4. The van der Waals surface area contributed by atoms with Crippen LogP contribution in [-0.4, -0.2) is 42.5 Å². The van der Waals surface area contributed by atoms with E-state index >= 15 is 0 Å². The van der Waals surface area contributed by atoms with Crippen LogP contribution < -0.4 is 10.1 Å². The van der Waals surface area contributed by atoms with Gasteiger partial charge in [-0.2, -0.15) is 0 Å². The van der Waals surface area contributed by atoms with E-state index in [0.717, 1.165) is 37.7 Å². The molecule has 0 bridgehead atoms. The number of nitrogens with one attached hydrogen (secondary N) is 1. The number of ether oxygens (including phenoxy) is 2. The van der Waals surface area contributed by atoms with E-state index in [1.54, 1.807) is 19.1 Å². The van der Waals surface area contributed by atoms with Crippen LogP contribution >= 0.6 is 23.2 Å². The zero-order valence-electron chi connectivity index (χ0n) is 21.6. The van der Waals surface area contributed by atoms with Crippen LogP contribution in [0.25, 0.3) is 0 Å². The van der Waals surface area contributed by atoms with Crippen molar-refractivity contribution in [3.63, 3.8) is 0 Å². The predicted molar refractivity (Wildman–Crippen MR) is 146 cm³/mol. The van der Waals surface area contributed by atoms with Gasteiger partial charge in [-0.25, -0.2) is 0 Å². The zero-order chi connectivity index (χ0) is 26.1. The monoisotopic (exact) mass is 535 g/mol. The third-order valence-corrected chi connectivity index (χ3v) is 7.96. The maximum Gasteiger partial charge on any atom is 0.306 e. The normalized spacial score (nSPS) is 14.5. The molecule has 0 aromatic heterocycles. The fraction of sp³-hybridized carbons (Fsp3) is 0.552. The topological polar surface area (TPSA) is 67.8 Å². The summed E-state index contributed by atoms with van der Waals surface area (Å²) in [7, 11) is 0. The molecule has 3 rings (SSSR count). The summed E-state index contributed by atoms with van der Waals surface area (Å²) in [6, 6.07) is 12.1. The number of β-amino-alcohol motifs (C(OH)–C–C–N with tert-alkyl or cyclic N) is 1. The molecule has 0 amide bonds. The molecule has 2 aromatic rings. The van der Waals surface area contributed by atoms with Gasteiger partial charge in [0.2, 0.25) is 0 Å². The number of fused-ring (bicyclic) bond motifs is 1. The summed E-state index contributed by atoms with van der Waals surface area (Å²) >= 11 is 12.6. The average Bonchev–Trinajstić information content (AvgIpc) is 3.28. The SMILES string of the molecule is CCOC(=O)CCc1cc(OC[C@H](O)CNC(CC)(CC)CC2Cc3ccccc3C2)c(Cl)cc1Cl. The van der Waals surface area contributed by atoms with Gasteiger partial charge in [-0.1, -0.05) is 61.3 Å². The minimum atomic E-state index is -0.696. The van der Waals surface area contributed by atoms with E-state index in [9.17, 15) is 9.90 Å². The van der Waals surface area contributed by atoms with E-state index in [2.05, 4.69) is 43.4 Å². The van der Waals surface area contributed by atoms with E-state index in [4.69, 9.17) is 32.7 Å². The Morgan fingerprint density at radius 1 is 1.11 bits per heavy atom. The summed E-state index contributed by atoms with van der Waals surface area (Å²) in [5.41, 5.74) is 3.67. The van der Waals surface area contributed by atoms with Crippen LogP contribution in [0, 0.1) is 5.92 Å². The highest BCUT2D eigenvalue weighted by Crippen LogP contribution is 2.35. The molecule has 0 heterocycles. The molecule has 2 aromatic carbocycles. The van der Waals surface area contributed by atoms with Gasteiger partial charge in [0.15, 0.2) is 0 Å². The quantitative estimate of drug-likeness (QED) is 0.282. The van der Waals surface area contributed by atoms with Crippen molar-refractivity contribution in [2.45, 2.75) is 77.4 Å². The van der Waals surface area contributed by atoms with Crippen LogP contribution in [0.5, 0.6) is 5.75 Å². The van der Waals surface area contributed by atoms with Gasteiger partial charge in [0.05, 0.1) is 11.6 Å². The van der Waals surface area contributed by atoms with Crippen molar-refractivity contribution >= 4 is 29.2 Å². The standard InChI is InChI=1S/C29H39Cl2NO4/c1-4-29(5-2,17-20-13-21-9-7-8-10-22(21)14-20)32-18-24(33)19-36-27-15-23(25(30)16-26(27)31)11-12-28(34)35-6-3/h7-10,15-16,20,24,32-33H,4-6,11-14,17-19H2,1-3H3/t24-/m1/s1. The first-order valence-corrected chi connectivity index (χ1v) is 13.8. The molecule has 1 aliphatic carbocycles. The Morgan fingerprint density at radius 2 is 1.78 bits per heavy atom. The van der Waals surface area contributed by atoms with Crippen molar-refractivity contribution in [1.82, 2.24) is 5.32 Å². The Balaban J connectivity index is 1.53. The van der Waals surface area contributed by atoms with Crippen LogP contribution in [0.3, 0.4) is 0 Å². The first kappa shape index (κ1) is 28.8.